The molecule has 0 aliphatic rings. The SMILES string of the molecule is CCNC(Cc1cccc(Cl)c1)c1ccc(C)c(F)c1F. The van der Waals surface area contributed by atoms with E-state index in [2.05, 4.69) is 5.32 Å². The van der Waals surface area contributed by atoms with Crippen molar-refractivity contribution in [1.29, 1.82) is 0 Å². The highest BCUT2D eigenvalue weighted by Crippen LogP contribution is 2.25. The number of nitrogens with one attached hydrogen (secondary N) is 1. The van der Waals surface area contributed by atoms with Crippen LogP contribution >= 0.6 is 11.6 Å². The molecule has 1 nitrogen and oxygen atoms in total. The van der Waals surface area contributed by atoms with Gasteiger partial charge in [-0.05, 0) is 43.1 Å². The number of likely N-dealkylation sites (N-methyl/N-ethyl adjacent to an activating group) is 1. The maximum atomic E-state index is 14.2. The molecule has 112 valence electrons. The van der Waals surface area contributed by atoms with Crippen LogP contribution in [0.5, 0.6) is 0 Å². The minimum atomic E-state index is -0.776. The summed E-state index contributed by atoms with van der Waals surface area (Å²) in [5.41, 5.74) is 1.64. The van der Waals surface area contributed by atoms with E-state index in [0.717, 1.165) is 5.56 Å². The maximum absolute atomic E-state index is 14.2. The minimum Gasteiger partial charge on any atom is -0.310 e. The van der Waals surface area contributed by atoms with Crippen molar-refractivity contribution < 1.29 is 8.78 Å². The summed E-state index contributed by atoms with van der Waals surface area (Å²) in [5, 5.41) is 3.84. The lowest BCUT2D eigenvalue weighted by Gasteiger charge is -2.20. The Morgan fingerprint density at radius 1 is 1.14 bits per heavy atom. The van der Waals surface area contributed by atoms with E-state index >= 15 is 0 Å². The molecule has 1 unspecified atom stereocenters. The monoisotopic (exact) mass is 309 g/mol. The van der Waals surface area contributed by atoms with Gasteiger partial charge in [-0.15, -0.1) is 0 Å². The number of benzene rings is 2. The molecule has 1 atom stereocenters. The van der Waals surface area contributed by atoms with E-state index in [0.29, 0.717) is 29.1 Å². The Hall–Kier alpha value is -1.45. The van der Waals surface area contributed by atoms with E-state index in [9.17, 15) is 8.78 Å². The predicted molar refractivity (Wildman–Crippen MR) is 82.7 cm³/mol. The summed E-state index contributed by atoms with van der Waals surface area (Å²) in [6.07, 6.45) is 0.549. The van der Waals surface area contributed by atoms with E-state index < -0.39 is 11.6 Å². The van der Waals surface area contributed by atoms with Gasteiger partial charge in [-0.2, -0.15) is 0 Å². The van der Waals surface area contributed by atoms with Gasteiger partial charge in [-0.3, -0.25) is 0 Å². The van der Waals surface area contributed by atoms with E-state index in [1.165, 1.54) is 0 Å². The molecule has 2 rings (SSSR count). The lowest BCUT2D eigenvalue weighted by molar-refractivity contribution is 0.461. The quantitative estimate of drug-likeness (QED) is 0.835. The van der Waals surface area contributed by atoms with Crippen molar-refractivity contribution >= 4 is 11.6 Å². The average molecular weight is 310 g/mol. The first-order valence-corrected chi connectivity index (χ1v) is 7.33. The highest BCUT2D eigenvalue weighted by Gasteiger charge is 2.19. The molecule has 0 saturated heterocycles. The number of hydrogen-bond acceptors (Lipinski definition) is 1. The van der Waals surface area contributed by atoms with Crippen molar-refractivity contribution in [2.45, 2.75) is 26.3 Å². The Labute approximate surface area is 128 Å². The predicted octanol–water partition coefficient (Wildman–Crippen LogP) is 4.82. The third-order valence-corrected chi connectivity index (χ3v) is 3.70. The Kier molecular flexibility index (Phi) is 5.32. The summed E-state index contributed by atoms with van der Waals surface area (Å²) in [7, 11) is 0. The fourth-order valence-electron chi connectivity index (χ4n) is 2.37. The van der Waals surface area contributed by atoms with Crippen LogP contribution in [0.2, 0.25) is 5.02 Å². The van der Waals surface area contributed by atoms with Gasteiger partial charge in [-0.25, -0.2) is 8.78 Å². The van der Waals surface area contributed by atoms with Crippen LogP contribution in [0.25, 0.3) is 0 Å². The third-order valence-electron chi connectivity index (χ3n) is 3.46. The molecule has 4 heteroatoms. The van der Waals surface area contributed by atoms with Gasteiger partial charge >= 0.3 is 0 Å². The molecule has 0 saturated carbocycles. The molecular weight excluding hydrogens is 292 g/mol. The smallest absolute Gasteiger partial charge is 0.163 e. The van der Waals surface area contributed by atoms with E-state index in [-0.39, 0.29) is 6.04 Å². The van der Waals surface area contributed by atoms with Gasteiger partial charge in [0.05, 0.1) is 0 Å². The molecule has 2 aromatic rings. The Morgan fingerprint density at radius 2 is 1.90 bits per heavy atom. The molecule has 0 aliphatic heterocycles. The molecule has 0 amide bonds. The van der Waals surface area contributed by atoms with Crippen molar-refractivity contribution in [3.8, 4) is 0 Å². The number of rotatable bonds is 5. The van der Waals surface area contributed by atoms with Gasteiger partial charge in [-0.1, -0.05) is 42.8 Å². The number of hydrogen-bond donors (Lipinski definition) is 1. The van der Waals surface area contributed by atoms with Gasteiger partial charge in [0.1, 0.15) is 0 Å². The Morgan fingerprint density at radius 3 is 2.57 bits per heavy atom. The molecular formula is C17H18ClF2N. The van der Waals surface area contributed by atoms with Gasteiger partial charge in [0, 0.05) is 16.6 Å². The van der Waals surface area contributed by atoms with Gasteiger partial charge in [0.15, 0.2) is 11.6 Å². The van der Waals surface area contributed by atoms with Crippen LogP contribution in [0.3, 0.4) is 0 Å². The zero-order valence-electron chi connectivity index (χ0n) is 12.1. The molecule has 0 spiro atoms. The van der Waals surface area contributed by atoms with Crippen LogP contribution in [0.15, 0.2) is 36.4 Å². The summed E-state index contributed by atoms with van der Waals surface area (Å²) < 4.78 is 27.9. The molecule has 0 radical (unpaired) electrons. The zero-order chi connectivity index (χ0) is 15.4. The lowest BCUT2D eigenvalue weighted by Crippen LogP contribution is -2.24. The van der Waals surface area contributed by atoms with Crippen LogP contribution in [0.4, 0.5) is 8.78 Å². The number of halogens is 3. The summed E-state index contributed by atoms with van der Waals surface area (Å²) >= 11 is 5.97. The van der Waals surface area contributed by atoms with Crippen LogP contribution in [0, 0.1) is 18.6 Å². The second kappa shape index (κ2) is 7.01. The first kappa shape index (κ1) is 15.9. The zero-order valence-corrected chi connectivity index (χ0v) is 12.8. The number of aryl methyl sites for hydroxylation is 1. The van der Waals surface area contributed by atoms with Gasteiger partial charge in [0.2, 0.25) is 0 Å². The first-order valence-electron chi connectivity index (χ1n) is 6.95. The molecule has 0 aromatic heterocycles. The first-order chi connectivity index (χ1) is 10.0. The van der Waals surface area contributed by atoms with E-state index in [1.807, 2.05) is 25.1 Å². The molecule has 1 N–H and O–H groups in total. The summed E-state index contributed by atoms with van der Waals surface area (Å²) in [4.78, 5) is 0. The largest absolute Gasteiger partial charge is 0.310 e. The average Bonchev–Trinajstić information content (AvgIpc) is 2.45. The van der Waals surface area contributed by atoms with Gasteiger partial charge < -0.3 is 5.32 Å². The molecule has 0 aliphatic carbocycles. The maximum Gasteiger partial charge on any atom is 0.163 e. The highest BCUT2D eigenvalue weighted by molar-refractivity contribution is 6.30. The Balaban J connectivity index is 2.33. The van der Waals surface area contributed by atoms with Crippen LogP contribution in [0.1, 0.15) is 29.7 Å². The van der Waals surface area contributed by atoms with Crippen LogP contribution in [-0.4, -0.2) is 6.54 Å². The fourth-order valence-corrected chi connectivity index (χ4v) is 2.58. The van der Waals surface area contributed by atoms with Crippen LogP contribution in [-0.2, 0) is 6.42 Å². The minimum absolute atomic E-state index is 0.288. The van der Waals surface area contributed by atoms with Crippen molar-refractivity contribution in [2.75, 3.05) is 6.54 Å². The molecule has 0 fully saturated rings. The molecule has 2 aromatic carbocycles. The van der Waals surface area contributed by atoms with E-state index in [4.69, 9.17) is 11.6 Å². The van der Waals surface area contributed by atoms with Gasteiger partial charge in [0.25, 0.3) is 0 Å². The third kappa shape index (κ3) is 3.80. The molecule has 0 bridgehead atoms. The summed E-state index contributed by atoms with van der Waals surface area (Å²) in [5.74, 6) is -1.55. The fraction of sp³-hybridized carbons (Fsp3) is 0.294. The van der Waals surface area contributed by atoms with Crippen molar-refractivity contribution in [3.05, 3.63) is 69.7 Å². The topological polar surface area (TPSA) is 12.0 Å². The lowest BCUT2D eigenvalue weighted by atomic mass is 9.97. The van der Waals surface area contributed by atoms with E-state index in [1.54, 1.807) is 25.1 Å². The molecule has 21 heavy (non-hydrogen) atoms. The summed E-state index contributed by atoms with van der Waals surface area (Å²) in [6.45, 7) is 4.16. The van der Waals surface area contributed by atoms with Crippen molar-refractivity contribution in [1.82, 2.24) is 5.32 Å². The standard InChI is InChI=1S/C17H18ClF2N/c1-3-21-15(10-12-5-4-6-13(18)9-12)14-8-7-11(2)16(19)17(14)20/h4-9,15,21H,3,10H2,1-2H3. The second-order valence-corrected chi connectivity index (χ2v) is 5.48. The normalized spacial score (nSPS) is 12.4. The second-order valence-electron chi connectivity index (χ2n) is 5.04. The van der Waals surface area contributed by atoms with Crippen molar-refractivity contribution in [2.24, 2.45) is 0 Å². The highest BCUT2D eigenvalue weighted by atomic mass is 35.5. The molecule has 0 heterocycles. The van der Waals surface area contributed by atoms with Crippen molar-refractivity contribution in [3.63, 3.8) is 0 Å². The Bertz CT molecular complexity index is 628. The van der Waals surface area contributed by atoms with Crippen LogP contribution < -0.4 is 5.32 Å². The summed E-state index contributed by atoms with van der Waals surface area (Å²) in [6, 6.07) is 10.4.